The van der Waals surface area contributed by atoms with Crippen LogP contribution in [0.4, 0.5) is 0 Å². The van der Waals surface area contributed by atoms with Crippen molar-refractivity contribution in [2.45, 2.75) is 46.6 Å². The van der Waals surface area contributed by atoms with E-state index in [1.807, 2.05) is 18.7 Å². The van der Waals surface area contributed by atoms with Crippen LogP contribution >= 0.6 is 0 Å². The summed E-state index contributed by atoms with van der Waals surface area (Å²) in [4.78, 5) is 30.0. The lowest BCUT2D eigenvalue weighted by Gasteiger charge is -2.31. The number of likely N-dealkylation sites (tertiary alicyclic amines) is 1. The summed E-state index contributed by atoms with van der Waals surface area (Å²) in [5.74, 6) is 1.47. The number of nitrogens with zero attached hydrogens (tertiary/aromatic N) is 3. The number of hydrogen-bond acceptors (Lipinski definition) is 5. The van der Waals surface area contributed by atoms with Crippen LogP contribution in [0, 0.1) is 18.8 Å². The second-order valence-corrected chi connectivity index (χ2v) is 6.21. The molecule has 22 heavy (non-hydrogen) atoms. The second-order valence-electron chi connectivity index (χ2n) is 6.21. The first-order chi connectivity index (χ1) is 10.5. The normalized spacial score (nSPS) is 16.1. The van der Waals surface area contributed by atoms with Gasteiger partial charge in [0.25, 0.3) is 0 Å². The summed E-state index contributed by atoms with van der Waals surface area (Å²) in [6.45, 7) is 7.38. The molecule has 2 heterocycles. The van der Waals surface area contributed by atoms with E-state index in [1.165, 1.54) is 0 Å². The quantitative estimate of drug-likeness (QED) is 0.885. The Morgan fingerprint density at radius 2 is 2.05 bits per heavy atom. The molecule has 0 aromatic carbocycles. The monoisotopic (exact) mass is 308 g/mol. The van der Waals surface area contributed by atoms with Crippen LogP contribution in [0.5, 0.6) is 0 Å². The molecule has 122 valence electrons. The van der Waals surface area contributed by atoms with Crippen LogP contribution in [-0.4, -0.2) is 39.9 Å². The van der Waals surface area contributed by atoms with Crippen molar-refractivity contribution in [3.8, 4) is 0 Å². The molecular formula is C15H24N4O3. The van der Waals surface area contributed by atoms with Crippen molar-refractivity contribution in [2.75, 3.05) is 13.1 Å². The molecule has 7 heteroatoms. The summed E-state index contributed by atoms with van der Waals surface area (Å²) in [6, 6.07) is 0. The van der Waals surface area contributed by atoms with E-state index in [2.05, 4.69) is 15.5 Å². The number of amides is 2. The van der Waals surface area contributed by atoms with E-state index >= 15 is 0 Å². The van der Waals surface area contributed by atoms with Gasteiger partial charge in [0.05, 0.1) is 6.54 Å². The van der Waals surface area contributed by atoms with Gasteiger partial charge in [-0.05, 0) is 25.7 Å². The summed E-state index contributed by atoms with van der Waals surface area (Å²) in [5, 5.41) is 6.50. The SMILES string of the molecule is Cc1noc(CNC(=O)C2CCN(C(=O)CC(C)C)CC2)n1. The molecule has 2 rings (SSSR count). The molecule has 1 saturated heterocycles. The fourth-order valence-electron chi connectivity index (χ4n) is 2.59. The lowest BCUT2D eigenvalue weighted by molar-refractivity contribution is -0.136. The van der Waals surface area contributed by atoms with E-state index in [9.17, 15) is 9.59 Å². The molecule has 0 bridgehead atoms. The summed E-state index contributed by atoms with van der Waals surface area (Å²) in [6.07, 6.45) is 1.99. The molecule has 0 unspecified atom stereocenters. The zero-order chi connectivity index (χ0) is 16.1. The maximum atomic E-state index is 12.1. The Morgan fingerprint density at radius 1 is 1.36 bits per heavy atom. The Balaban J connectivity index is 1.74. The van der Waals surface area contributed by atoms with Crippen molar-refractivity contribution in [3.63, 3.8) is 0 Å². The lowest BCUT2D eigenvalue weighted by Crippen LogP contribution is -2.43. The van der Waals surface area contributed by atoms with E-state index in [0.29, 0.717) is 50.0 Å². The molecular weight excluding hydrogens is 284 g/mol. The molecule has 1 aliphatic rings. The molecule has 1 aromatic heterocycles. The van der Waals surface area contributed by atoms with Crippen molar-refractivity contribution in [1.82, 2.24) is 20.4 Å². The molecule has 2 amide bonds. The summed E-state index contributed by atoms with van der Waals surface area (Å²) in [7, 11) is 0. The number of nitrogens with one attached hydrogen (secondary N) is 1. The number of aromatic nitrogens is 2. The fourth-order valence-corrected chi connectivity index (χ4v) is 2.59. The third kappa shape index (κ3) is 4.54. The van der Waals surface area contributed by atoms with Gasteiger partial charge in [0.1, 0.15) is 0 Å². The van der Waals surface area contributed by atoms with Gasteiger partial charge in [-0.2, -0.15) is 4.98 Å². The third-order valence-corrected chi connectivity index (χ3v) is 3.78. The van der Waals surface area contributed by atoms with Crippen LogP contribution in [0.2, 0.25) is 0 Å². The molecule has 0 radical (unpaired) electrons. The molecule has 0 spiro atoms. The number of piperidine rings is 1. The highest BCUT2D eigenvalue weighted by atomic mass is 16.5. The number of carbonyl (C=O) groups excluding carboxylic acids is 2. The minimum absolute atomic E-state index is 0.00758. The van der Waals surface area contributed by atoms with E-state index in [1.54, 1.807) is 6.92 Å². The van der Waals surface area contributed by atoms with E-state index in [0.717, 1.165) is 0 Å². The Hall–Kier alpha value is -1.92. The zero-order valence-corrected chi connectivity index (χ0v) is 13.5. The van der Waals surface area contributed by atoms with Gasteiger partial charge >= 0.3 is 0 Å². The summed E-state index contributed by atoms with van der Waals surface area (Å²) in [5.41, 5.74) is 0. The van der Waals surface area contributed by atoms with Gasteiger partial charge < -0.3 is 14.7 Å². The molecule has 1 aliphatic heterocycles. The predicted molar refractivity (Wildman–Crippen MR) is 79.6 cm³/mol. The maximum absolute atomic E-state index is 12.1. The topological polar surface area (TPSA) is 88.3 Å². The standard InChI is InChI=1S/C15H24N4O3/c1-10(2)8-14(20)19-6-4-12(5-7-19)15(21)16-9-13-17-11(3)18-22-13/h10,12H,4-9H2,1-3H3,(H,16,21). The van der Waals surface area contributed by atoms with Gasteiger partial charge in [0.2, 0.25) is 17.7 Å². The molecule has 1 fully saturated rings. The Morgan fingerprint density at radius 3 is 2.59 bits per heavy atom. The first kappa shape index (κ1) is 16.5. The van der Waals surface area contributed by atoms with Gasteiger partial charge in [-0.1, -0.05) is 19.0 Å². The van der Waals surface area contributed by atoms with Crippen LogP contribution in [0.25, 0.3) is 0 Å². The zero-order valence-electron chi connectivity index (χ0n) is 13.5. The van der Waals surface area contributed by atoms with E-state index in [4.69, 9.17) is 4.52 Å². The Labute approximate surface area is 130 Å². The maximum Gasteiger partial charge on any atom is 0.246 e. The fraction of sp³-hybridized carbons (Fsp3) is 0.733. The van der Waals surface area contributed by atoms with Gasteiger partial charge in [-0.3, -0.25) is 9.59 Å². The van der Waals surface area contributed by atoms with Gasteiger partial charge in [-0.15, -0.1) is 0 Å². The molecule has 1 aromatic rings. The van der Waals surface area contributed by atoms with Crippen molar-refractivity contribution in [2.24, 2.45) is 11.8 Å². The minimum atomic E-state index is -0.0490. The smallest absolute Gasteiger partial charge is 0.246 e. The average Bonchev–Trinajstić information content (AvgIpc) is 2.90. The van der Waals surface area contributed by atoms with Gasteiger partial charge in [-0.25, -0.2) is 0 Å². The van der Waals surface area contributed by atoms with E-state index in [-0.39, 0.29) is 24.3 Å². The highest BCUT2D eigenvalue weighted by Gasteiger charge is 2.27. The number of carbonyl (C=O) groups is 2. The van der Waals surface area contributed by atoms with Crippen LogP contribution < -0.4 is 5.32 Å². The Bertz CT molecular complexity index is 519. The first-order valence-corrected chi connectivity index (χ1v) is 7.80. The average molecular weight is 308 g/mol. The third-order valence-electron chi connectivity index (χ3n) is 3.78. The van der Waals surface area contributed by atoms with Crippen LogP contribution in [0.1, 0.15) is 44.8 Å². The first-order valence-electron chi connectivity index (χ1n) is 7.80. The molecule has 1 N–H and O–H groups in total. The predicted octanol–water partition coefficient (Wildman–Crippen LogP) is 1.28. The summed E-state index contributed by atoms with van der Waals surface area (Å²) >= 11 is 0. The van der Waals surface area contributed by atoms with Crippen molar-refractivity contribution in [3.05, 3.63) is 11.7 Å². The van der Waals surface area contributed by atoms with Crippen molar-refractivity contribution >= 4 is 11.8 Å². The van der Waals surface area contributed by atoms with Gasteiger partial charge in [0.15, 0.2) is 5.82 Å². The highest BCUT2D eigenvalue weighted by Crippen LogP contribution is 2.19. The second kappa shape index (κ2) is 7.38. The largest absolute Gasteiger partial charge is 0.347 e. The van der Waals surface area contributed by atoms with Crippen LogP contribution in [0.15, 0.2) is 4.52 Å². The van der Waals surface area contributed by atoms with Crippen LogP contribution in [-0.2, 0) is 16.1 Å². The highest BCUT2D eigenvalue weighted by molar-refractivity contribution is 5.80. The molecule has 0 saturated carbocycles. The molecule has 0 atom stereocenters. The van der Waals surface area contributed by atoms with E-state index < -0.39 is 0 Å². The molecule has 0 aliphatic carbocycles. The summed E-state index contributed by atoms with van der Waals surface area (Å²) < 4.78 is 4.96. The minimum Gasteiger partial charge on any atom is -0.347 e. The number of aryl methyl sites for hydroxylation is 1. The number of hydrogen-bond donors (Lipinski definition) is 1. The van der Waals surface area contributed by atoms with Crippen molar-refractivity contribution in [1.29, 1.82) is 0 Å². The lowest BCUT2D eigenvalue weighted by atomic mass is 9.95. The van der Waals surface area contributed by atoms with Gasteiger partial charge in [0, 0.05) is 25.4 Å². The number of rotatable bonds is 5. The van der Waals surface area contributed by atoms with Crippen molar-refractivity contribution < 1.29 is 14.1 Å². The van der Waals surface area contributed by atoms with Crippen LogP contribution in [0.3, 0.4) is 0 Å². The molecule has 7 nitrogen and oxygen atoms in total. The Kier molecular flexibility index (Phi) is 5.51.